The summed E-state index contributed by atoms with van der Waals surface area (Å²) in [4.78, 5) is 4.17. The van der Waals surface area contributed by atoms with Crippen LogP contribution in [-0.4, -0.2) is 12.3 Å². The monoisotopic (exact) mass is 211 g/mol. The van der Waals surface area contributed by atoms with Gasteiger partial charge in [-0.25, -0.2) is 13.8 Å². The fraction of sp³-hybridized carbons (Fsp3) is 0.300. The number of aliphatic imine (C=N–C) groups is 1. The number of halogens is 2. The lowest BCUT2D eigenvalue weighted by Crippen LogP contribution is -2.28. The second kappa shape index (κ2) is 3.84. The molecule has 1 heterocycles. The highest BCUT2D eigenvalue weighted by molar-refractivity contribution is 5.96. The van der Waals surface area contributed by atoms with Crippen LogP contribution in [0.25, 0.3) is 0 Å². The molecule has 0 aromatic rings. The first-order valence-electron chi connectivity index (χ1n) is 4.66. The van der Waals surface area contributed by atoms with Crippen molar-refractivity contribution in [3.05, 3.63) is 35.3 Å². The Morgan fingerprint density at radius 1 is 1.47 bits per heavy atom. The molecule has 3 nitrogen and oxygen atoms in total. The number of amidine groups is 1. The molecule has 80 valence electrons. The Kier molecular flexibility index (Phi) is 2.53. The number of alkyl halides is 2. The first-order chi connectivity index (χ1) is 7.20. The van der Waals surface area contributed by atoms with Gasteiger partial charge in [-0.3, -0.25) is 0 Å². The second-order valence-electron chi connectivity index (χ2n) is 3.37. The third kappa shape index (κ3) is 2.23. The first-order valence-corrected chi connectivity index (χ1v) is 4.66. The smallest absolute Gasteiger partial charge is 0.278 e. The summed E-state index contributed by atoms with van der Waals surface area (Å²) in [6.45, 7) is 0. The Morgan fingerprint density at radius 2 is 2.20 bits per heavy atom. The number of nitrogens with zero attached hydrogens (tertiary/aromatic N) is 1. The number of rotatable bonds is 2. The number of hydrogen-bond donors (Lipinski definition) is 2. The average Bonchev–Trinajstić information content (AvgIpc) is 3.01. The molecule has 2 rings (SSSR count). The summed E-state index contributed by atoms with van der Waals surface area (Å²) in [5.41, 5.74) is 6.85. The summed E-state index contributed by atoms with van der Waals surface area (Å²) in [6, 6.07) is 0. The van der Waals surface area contributed by atoms with Crippen LogP contribution in [0.1, 0.15) is 12.8 Å². The van der Waals surface area contributed by atoms with Gasteiger partial charge in [-0.1, -0.05) is 0 Å². The van der Waals surface area contributed by atoms with Crippen molar-refractivity contribution in [1.29, 1.82) is 0 Å². The predicted octanol–water partition coefficient (Wildman–Crippen LogP) is 1.66. The third-order valence-corrected chi connectivity index (χ3v) is 2.16. The SMILES string of the molecule is NC=CC1=NC(=C2CC2)C=C(C(F)F)N1. The standard InChI is InChI=1S/C10H11F2N3/c11-10(12)8-5-7(6-1-2-6)14-9(15-8)3-4-13/h3-5,10H,1-2,13H2,(H,14,15). The summed E-state index contributed by atoms with van der Waals surface area (Å²) in [5.74, 6) is 0.365. The summed E-state index contributed by atoms with van der Waals surface area (Å²) in [6.07, 6.45) is 3.53. The van der Waals surface area contributed by atoms with E-state index in [0.717, 1.165) is 18.4 Å². The lowest BCUT2D eigenvalue weighted by molar-refractivity contribution is 0.184. The molecule has 1 aliphatic heterocycles. The van der Waals surface area contributed by atoms with Crippen LogP contribution in [0.2, 0.25) is 0 Å². The maximum absolute atomic E-state index is 12.5. The van der Waals surface area contributed by atoms with Crippen molar-refractivity contribution in [2.75, 3.05) is 0 Å². The largest absolute Gasteiger partial charge is 0.404 e. The van der Waals surface area contributed by atoms with Gasteiger partial charge in [0.05, 0.1) is 11.4 Å². The maximum atomic E-state index is 12.5. The van der Waals surface area contributed by atoms with Crippen LogP contribution in [0, 0.1) is 0 Å². The van der Waals surface area contributed by atoms with Crippen molar-refractivity contribution in [3.8, 4) is 0 Å². The molecule has 0 saturated heterocycles. The molecule has 2 aliphatic rings. The highest BCUT2D eigenvalue weighted by atomic mass is 19.3. The quantitative estimate of drug-likeness (QED) is 0.729. The van der Waals surface area contributed by atoms with Crippen molar-refractivity contribution in [1.82, 2.24) is 5.32 Å². The minimum atomic E-state index is -2.52. The van der Waals surface area contributed by atoms with E-state index < -0.39 is 6.43 Å². The van der Waals surface area contributed by atoms with Gasteiger partial charge < -0.3 is 11.1 Å². The lowest BCUT2D eigenvalue weighted by atomic mass is 10.2. The lowest BCUT2D eigenvalue weighted by Gasteiger charge is -2.15. The molecular formula is C10H11F2N3. The van der Waals surface area contributed by atoms with Crippen molar-refractivity contribution >= 4 is 5.84 Å². The topological polar surface area (TPSA) is 50.4 Å². The normalized spacial score (nSPS) is 20.5. The Balaban J connectivity index is 2.29. The molecule has 3 N–H and O–H groups in total. The van der Waals surface area contributed by atoms with Crippen molar-refractivity contribution in [2.45, 2.75) is 19.3 Å². The minimum Gasteiger partial charge on any atom is -0.404 e. The zero-order valence-electron chi connectivity index (χ0n) is 8.00. The van der Waals surface area contributed by atoms with Crippen LogP contribution in [0.15, 0.2) is 40.3 Å². The van der Waals surface area contributed by atoms with Crippen LogP contribution in [0.5, 0.6) is 0 Å². The second-order valence-corrected chi connectivity index (χ2v) is 3.37. The predicted molar refractivity (Wildman–Crippen MR) is 54.2 cm³/mol. The molecular weight excluding hydrogens is 200 g/mol. The van der Waals surface area contributed by atoms with Gasteiger partial charge in [-0.2, -0.15) is 0 Å². The van der Waals surface area contributed by atoms with Crippen molar-refractivity contribution in [2.24, 2.45) is 10.7 Å². The Labute approximate surface area is 86.1 Å². The molecule has 1 saturated carbocycles. The third-order valence-electron chi connectivity index (χ3n) is 2.16. The zero-order chi connectivity index (χ0) is 10.8. The molecule has 0 spiro atoms. The molecule has 0 unspecified atom stereocenters. The number of hydrogen-bond acceptors (Lipinski definition) is 3. The zero-order valence-corrected chi connectivity index (χ0v) is 8.00. The maximum Gasteiger partial charge on any atom is 0.278 e. The van der Waals surface area contributed by atoms with Gasteiger partial charge in [0.15, 0.2) is 0 Å². The van der Waals surface area contributed by atoms with Gasteiger partial charge in [0, 0.05) is 0 Å². The highest BCUT2D eigenvalue weighted by Gasteiger charge is 2.22. The van der Waals surface area contributed by atoms with Gasteiger partial charge in [0.2, 0.25) is 0 Å². The molecule has 0 aromatic heterocycles. The Hall–Kier alpha value is -1.65. The van der Waals surface area contributed by atoms with Crippen LogP contribution < -0.4 is 11.1 Å². The van der Waals surface area contributed by atoms with Crippen LogP contribution in [0.4, 0.5) is 8.78 Å². The van der Waals surface area contributed by atoms with E-state index in [1.54, 1.807) is 0 Å². The van der Waals surface area contributed by atoms with E-state index >= 15 is 0 Å². The molecule has 15 heavy (non-hydrogen) atoms. The number of nitrogens with one attached hydrogen (secondary N) is 1. The average molecular weight is 211 g/mol. The first kappa shape index (κ1) is 9.89. The van der Waals surface area contributed by atoms with Crippen LogP contribution >= 0.6 is 0 Å². The van der Waals surface area contributed by atoms with Crippen molar-refractivity contribution in [3.63, 3.8) is 0 Å². The minimum absolute atomic E-state index is 0.118. The van der Waals surface area contributed by atoms with E-state index in [0.29, 0.717) is 11.5 Å². The highest BCUT2D eigenvalue weighted by Crippen LogP contribution is 2.34. The van der Waals surface area contributed by atoms with E-state index in [4.69, 9.17) is 5.73 Å². The van der Waals surface area contributed by atoms with E-state index in [2.05, 4.69) is 10.3 Å². The van der Waals surface area contributed by atoms with E-state index in [1.807, 2.05) is 0 Å². The number of nitrogens with two attached hydrogens (primary N) is 1. The van der Waals surface area contributed by atoms with Gasteiger partial charge in [0.1, 0.15) is 5.84 Å². The molecule has 0 radical (unpaired) electrons. The van der Waals surface area contributed by atoms with E-state index in [1.165, 1.54) is 18.4 Å². The van der Waals surface area contributed by atoms with Crippen molar-refractivity contribution < 1.29 is 8.78 Å². The van der Waals surface area contributed by atoms with Gasteiger partial charge in [-0.15, -0.1) is 0 Å². The molecule has 0 bridgehead atoms. The molecule has 5 heteroatoms. The van der Waals surface area contributed by atoms with Gasteiger partial charge in [-0.05, 0) is 36.8 Å². The fourth-order valence-electron chi connectivity index (χ4n) is 1.31. The van der Waals surface area contributed by atoms with E-state index in [-0.39, 0.29) is 5.70 Å². The molecule has 1 aliphatic carbocycles. The molecule has 0 amide bonds. The van der Waals surface area contributed by atoms with Gasteiger partial charge >= 0.3 is 0 Å². The van der Waals surface area contributed by atoms with Crippen LogP contribution in [-0.2, 0) is 0 Å². The molecule has 0 aromatic carbocycles. The van der Waals surface area contributed by atoms with Crippen LogP contribution in [0.3, 0.4) is 0 Å². The fourth-order valence-corrected chi connectivity index (χ4v) is 1.31. The number of allylic oxidation sites excluding steroid dienone is 3. The Bertz CT molecular complexity index is 385. The molecule has 0 atom stereocenters. The van der Waals surface area contributed by atoms with Gasteiger partial charge in [0.25, 0.3) is 6.43 Å². The summed E-state index contributed by atoms with van der Waals surface area (Å²) in [7, 11) is 0. The molecule has 1 fully saturated rings. The summed E-state index contributed by atoms with van der Waals surface area (Å²) in [5, 5.41) is 2.53. The summed E-state index contributed by atoms with van der Waals surface area (Å²) < 4.78 is 25.1. The van der Waals surface area contributed by atoms with E-state index in [9.17, 15) is 8.78 Å². The Morgan fingerprint density at radius 3 is 2.73 bits per heavy atom. The summed E-state index contributed by atoms with van der Waals surface area (Å²) >= 11 is 0.